The molecule has 31 heavy (non-hydrogen) atoms. The normalized spacial score (nSPS) is 15.9. The average molecular weight is 461 g/mol. The number of carbonyl (C=O) groups excluding carboxylic acids is 1. The van der Waals surface area contributed by atoms with Gasteiger partial charge in [0, 0.05) is 17.8 Å². The van der Waals surface area contributed by atoms with Crippen LogP contribution in [0.25, 0.3) is 11.0 Å². The van der Waals surface area contributed by atoms with Gasteiger partial charge in [-0.1, -0.05) is 23.4 Å². The molecule has 1 aliphatic rings. The van der Waals surface area contributed by atoms with Gasteiger partial charge in [0.25, 0.3) is 5.56 Å². The van der Waals surface area contributed by atoms with Crippen molar-refractivity contribution < 1.29 is 14.3 Å². The second kappa shape index (κ2) is 9.67. The van der Waals surface area contributed by atoms with Crippen LogP contribution in [-0.2, 0) is 16.1 Å². The summed E-state index contributed by atoms with van der Waals surface area (Å²) in [4.78, 5) is 34.4. The molecule has 1 unspecified atom stereocenters. The first-order valence-corrected chi connectivity index (χ1v) is 11.1. The Balaban J connectivity index is 1.56. The predicted octanol–water partition coefficient (Wildman–Crippen LogP) is 3.36. The van der Waals surface area contributed by atoms with Crippen LogP contribution in [0.1, 0.15) is 12.8 Å². The van der Waals surface area contributed by atoms with E-state index in [4.69, 9.17) is 21.1 Å². The topological polar surface area (TPSA) is 95.3 Å². The lowest BCUT2D eigenvalue weighted by Gasteiger charge is -2.16. The molecule has 0 bridgehead atoms. The first-order valence-electron chi connectivity index (χ1n) is 9.78. The van der Waals surface area contributed by atoms with Crippen molar-refractivity contribution in [1.82, 2.24) is 14.5 Å². The van der Waals surface area contributed by atoms with Crippen LogP contribution in [0, 0.1) is 0 Å². The molecular formula is C21H21ClN4O4S. The van der Waals surface area contributed by atoms with Crippen LogP contribution in [0.3, 0.4) is 0 Å². The molecule has 0 spiro atoms. The van der Waals surface area contributed by atoms with E-state index in [9.17, 15) is 9.59 Å². The number of carbonyl (C=O) groups is 1. The zero-order chi connectivity index (χ0) is 21.8. The zero-order valence-electron chi connectivity index (χ0n) is 16.8. The molecule has 3 heterocycles. The number of rotatable bonds is 7. The number of benzene rings is 1. The molecule has 3 aromatic rings. The monoisotopic (exact) mass is 460 g/mol. The third-order valence-corrected chi connectivity index (χ3v) is 6.08. The third-order valence-electron chi connectivity index (χ3n) is 4.87. The number of hydrogen-bond acceptors (Lipinski definition) is 7. The smallest absolute Gasteiger partial charge is 0.263 e. The van der Waals surface area contributed by atoms with Gasteiger partial charge in [-0.2, -0.15) is 0 Å². The van der Waals surface area contributed by atoms with E-state index in [0.29, 0.717) is 45.8 Å². The first kappa shape index (κ1) is 21.6. The van der Waals surface area contributed by atoms with Crippen molar-refractivity contribution in [2.45, 2.75) is 30.6 Å². The number of nitrogens with zero attached hydrogens (tertiary/aromatic N) is 3. The van der Waals surface area contributed by atoms with Gasteiger partial charge in [0.05, 0.1) is 36.6 Å². The maximum Gasteiger partial charge on any atom is 0.263 e. The molecule has 0 aliphatic carbocycles. The van der Waals surface area contributed by atoms with Crippen LogP contribution >= 0.6 is 23.4 Å². The minimum Gasteiger partial charge on any atom is -0.495 e. The Morgan fingerprint density at radius 2 is 2.29 bits per heavy atom. The number of hydrogen-bond donors (Lipinski definition) is 1. The van der Waals surface area contributed by atoms with Gasteiger partial charge in [-0.15, -0.1) is 0 Å². The summed E-state index contributed by atoms with van der Waals surface area (Å²) < 4.78 is 12.5. The van der Waals surface area contributed by atoms with Gasteiger partial charge < -0.3 is 14.8 Å². The lowest BCUT2D eigenvalue weighted by atomic mass is 10.2. The lowest BCUT2D eigenvalue weighted by Crippen LogP contribution is -2.29. The van der Waals surface area contributed by atoms with E-state index in [1.165, 1.54) is 18.9 Å². The Bertz CT molecular complexity index is 1160. The molecular weight excluding hydrogens is 440 g/mol. The van der Waals surface area contributed by atoms with Gasteiger partial charge in [0.15, 0.2) is 10.8 Å². The summed E-state index contributed by atoms with van der Waals surface area (Å²) in [6.07, 6.45) is 3.40. The molecule has 2 aromatic heterocycles. The number of anilines is 1. The summed E-state index contributed by atoms with van der Waals surface area (Å²) in [5.74, 6) is 0.280. The van der Waals surface area contributed by atoms with Crippen molar-refractivity contribution in [2.75, 3.05) is 24.8 Å². The number of ether oxygens (including phenoxy) is 2. The lowest BCUT2D eigenvalue weighted by molar-refractivity contribution is -0.113. The number of methoxy groups -OCH3 is 1. The highest BCUT2D eigenvalue weighted by atomic mass is 35.5. The number of thioether (sulfide) groups is 1. The fourth-order valence-corrected chi connectivity index (χ4v) is 4.36. The highest BCUT2D eigenvalue weighted by Crippen LogP contribution is 2.28. The summed E-state index contributed by atoms with van der Waals surface area (Å²) >= 11 is 7.20. The quantitative estimate of drug-likeness (QED) is 0.426. The molecule has 1 N–H and O–H groups in total. The molecule has 8 nitrogen and oxygen atoms in total. The van der Waals surface area contributed by atoms with Crippen LogP contribution in [0.15, 0.2) is 46.5 Å². The van der Waals surface area contributed by atoms with Crippen LogP contribution in [-0.4, -0.2) is 46.0 Å². The summed E-state index contributed by atoms with van der Waals surface area (Å²) in [5, 5.41) is 4.15. The molecule has 1 saturated heterocycles. The molecule has 0 saturated carbocycles. The fraction of sp³-hybridized carbons (Fsp3) is 0.333. The van der Waals surface area contributed by atoms with Crippen molar-refractivity contribution >= 4 is 46.0 Å². The number of nitrogens with one attached hydrogen (secondary N) is 1. The Morgan fingerprint density at radius 3 is 3.06 bits per heavy atom. The van der Waals surface area contributed by atoms with Gasteiger partial charge in [0.2, 0.25) is 5.91 Å². The largest absolute Gasteiger partial charge is 0.495 e. The molecule has 1 aromatic carbocycles. The van der Waals surface area contributed by atoms with Gasteiger partial charge >= 0.3 is 0 Å². The Hall–Kier alpha value is -2.62. The van der Waals surface area contributed by atoms with E-state index in [1.54, 1.807) is 41.1 Å². The Kier molecular flexibility index (Phi) is 6.74. The Labute approximate surface area is 187 Å². The highest BCUT2D eigenvalue weighted by molar-refractivity contribution is 7.99. The van der Waals surface area contributed by atoms with E-state index >= 15 is 0 Å². The molecule has 10 heteroatoms. The van der Waals surface area contributed by atoms with Crippen LogP contribution in [0.5, 0.6) is 5.75 Å². The van der Waals surface area contributed by atoms with Crippen molar-refractivity contribution in [2.24, 2.45) is 0 Å². The standard InChI is InChI=1S/C21H21ClN4O4S/c1-29-17-7-6-13(22)10-16(17)24-18(27)12-31-21-25-19-15(5-2-8-23-19)20(28)26(21)11-14-4-3-9-30-14/h2,5-8,10,14H,3-4,9,11-12H2,1H3,(H,24,27). The Morgan fingerprint density at radius 1 is 1.42 bits per heavy atom. The fourth-order valence-electron chi connectivity index (χ4n) is 3.39. The van der Waals surface area contributed by atoms with Crippen LogP contribution in [0.2, 0.25) is 5.02 Å². The maximum atomic E-state index is 13.1. The zero-order valence-corrected chi connectivity index (χ0v) is 18.4. The second-order valence-electron chi connectivity index (χ2n) is 7.00. The van der Waals surface area contributed by atoms with E-state index < -0.39 is 0 Å². The van der Waals surface area contributed by atoms with Crippen molar-refractivity contribution in [1.29, 1.82) is 0 Å². The van der Waals surface area contributed by atoms with E-state index in [2.05, 4.69) is 15.3 Å². The molecule has 162 valence electrons. The molecule has 4 rings (SSSR count). The van der Waals surface area contributed by atoms with Crippen molar-refractivity contribution in [3.63, 3.8) is 0 Å². The minimum absolute atomic E-state index is 0.0440. The number of halogens is 1. The van der Waals surface area contributed by atoms with E-state index in [1.807, 2.05) is 0 Å². The first-order chi connectivity index (χ1) is 15.0. The molecule has 1 atom stereocenters. The second-order valence-corrected chi connectivity index (χ2v) is 8.38. The molecule has 1 amide bonds. The number of fused-ring (bicyclic) bond motifs is 1. The maximum absolute atomic E-state index is 13.1. The summed E-state index contributed by atoms with van der Waals surface area (Å²) in [6.45, 7) is 1.08. The number of amides is 1. The van der Waals surface area contributed by atoms with Gasteiger partial charge in [-0.3, -0.25) is 14.2 Å². The number of pyridine rings is 1. The van der Waals surface area contributed by atoms with E-state index in [-0.39, 0.29) is 23.3 Å². The van der Waals surface area contributed by atoms with Gasteiger partial charge in [-0.05, 0) is 43.2 Å². The SMILES string of the molecule is COc1ccc(Cl)cc1NC(=O)CSc1nc2ncccc2c(=O)n1CC1CCCO1. The molecule has 1 fully saturated rings. The van der Waals surface area contributed by atoms with Crippen LogP contribution < -0.4 is 15.6 Å². The van der Waals surface area contributed by atoms with Crippen molar-refractivity contribution in [3.8, 4) is 5.75 Å². The predicted molar refractivity (Wildman–Crippen MR) is 120 cm³/mol. The minimum atomic E-state index is -0.274. The summed E-state index contributed by atoms with van der Waals surface area (Å²) in [5.41, 5.74) is 0.647. The molecule has 1 aliphatic heterocycles. The van der Waals surface area contributed by atoms with Gasteiger partial charge in [-0.25, -0.2) is 9.97 Å². The average Bonchev–Trinajstić information content (AvgIpc) is 3.28. The molecule has 0 radical (unpaired) electrons. The summed E-state index contributed by atoms with van der Waals surface area (Å²) in [7, 11) is 1.52. The van der Waals surface area contributed by atoms with E-state index in [0.717, 1.165) is 12.8 Å². The third kappa shape index (κ3) is 5.00. The highest BCUT2D eigenvalue weighted by Gasteiger charge is 2.21. The summed E-state index contributed by atoms with van der Waals surface area (Å²) in [6, 6.07) is 8.40. The van der Waals surface area contributed by atoms with Gasteiger partial charge in [0.1, 0.15) is 5.75 Å². The van der Waals surface area contributed by atoms with Crippen LogP contribution in [0.4, 0.5) is 5.69 Å². The number of aromatic nitrogens is 3. The van der Waals surface area contributed by atoms with Crippen molar-refractivity contribution in [3.05, 3.63) is 51.9 Å².